The Bertz CT molecular complexity index is 498. The lowest BCUT2D eigenvalue weighted by atomic mass is 10.2. The summed E-state index contributed by atoms with van der Waals surface area (Å²) in [6.45, 7) is 0.875. The van der Waals surface area contributed by atoms with Crippen LogP contribution in [-0.2, 0) is 9.53 Å². The van der Waals surface area contributed by atoms with Crippen LogP contribution < -0.4 is 5.32 Å². The second kappa shape index (κ2) is 6.52. The molecule has 106 valence electrons. The third kappa shape index (κ3) is 3.69. The van der Waals surface area contributed by atoms with Crippen molar-refractivity contribution in [3.05, 3.63) is 44.8 Å². The number of nitrogens with one attached hydrogen (secondary N) is 1. The van der Waals surface area contributed by atoms with Crippen LogP contribution in [0.1, 0.15) is 28.6 Å². The molecule has 0 unspecified atom stereocenters. The Kier molecular flexibility index (Phi) is 4.50. The fourth-order valence-electron chi connectivity index (χ4n) is 2.00. The Morgan fingerprint density at radius 2 is 1.90 bits per heavy atom. The predicted octanol–water partition coefficient (Wildman–Crippen LogP) is 3.44. The number of rotatable bonds is 7. The first-order chi connectivity index (χ1) is 9.83. The number of carbonyl (C=O) groups excluding carboxylic acids is 1. The lowest BCUT2D eigenvalue weighted by Gasteiger charge is -2.16. The van der Waals surface area contributed by atoms with Crippen LogP contribution in [0.5, 0.6) is 0 Å². The predicted molar refractivity (Wildman–Crippen MR) is 82.2 cm³/mol. The minimum atomic E-state index is -0.0491. The Hall–Kier alpha value is -1.17. The Balaban J connectivity index is 1.59. The van der Waals surface area contributed by atoms with Crippen molar-refractivity contribution in [2.24, 2.45) is 5.92 Å². The van der Waals surface area contributed by atoms with Gasteiger partial charge in [0, 0.05) is 9.75 Å². The summed E-state index contributed by atoms with van der Waals surface area (Å²) in [5.74, 6) is 0.644. The highest BCUT2D eigenvalue weighted by atomic mass is 32.1. The number of thiophene rings is 2. The van der Waals surface area contributed by atoms with E-state index in [4.69, 9.17) is 4.74 Å². The summed E-state index contributed by atoms with van der Waals surface area (Å²) in [6, 6.07) is 8.08. The zero-order valence-electron chi connectivity index (χ0n) is 11.1. The van der Waals surface area contributed by atoms with Crippen LogP contribution in [0.4, 0.5) is 0 Å². The molecule has 0 radical (unpaired) electrons. The summed E-state index contributed by atoms with van der Waals surface area (Å²) in [6.07, 6.45) is 2.49. The Morgan fingerprint density at radius 1 is 1.25 bits per heavy atom. The molecule has 0 aromatic carbocycles. The summed E-state index contributed by atoms with van der Waals surface area (Å²) in [5.41, 5.74) is 0. The van der Waals surface area contributed by atoms with E-state index in [9.17, 15) is 4.79 Å². The molecule has 2 aromatic rings. The molecule has 3 nitrogen and oxygen atoms in total. The largest absolute Gasteiger partial charge is 0.371 e. The molecule has 1 fully saturated rings. The summed E-state index contributed by atoms with van der Waals surface area (Å²) >= 11 is 3.32. The molecule has 3 rings (SSSR count). The molecule has 5 heteroatoms. The van der Waals surface area contributed by atoms with Crippen LogP contribution in [0.25, 0.3) is 0 Å². The molecule has 2 heterocycles. The highest BCUT2D eigenvalue weighted by Crippen LogP contribution is 2.30. The van der Waals surface area contributed by atoms with Crippen molar-refractivity contribution < 1.29 is 9.53 Å². The molecule has 1 aliphatic rings. The summed E-state index contributed by atoms with van der Waals surface area (Å²) < 4.78 is 5.45. The monoisotopic (exact) mass is 307 g/mol. The molecule has 2 aromatic heterocycles. The summed E-state index contributed by atoms with van der Waals surface area (Å²) in [5, 5.41) is 7.14. The van der Waals surface area contributed by atoms with Crippen molar-refractivity contribution in [3.8, 4) is 0 Å². The van der Waals surface area contributed by atoms with Gasteiger partial charge in [-0.25, -0.2) is 0 Å². The average Bonchev–Trinajstić information content (AvgIpc) is 2.97. The molecule has 1 saturated carbocycles. The first-order valence-electron chi connectivity index (χ1n) is 6.77. The van der Waals surface area contributed by atoms with E-state index < -0.39 is 0 Å². The summed E-state index contributed by atoms with van der Waals surface area (Å²) in [4.78, 5) is 14.3. The van der Waals surface area contributed by atoms with Crippen molar-refractivity contribution in [3.63, 3.8) is 0 Å². The molecule has 1 amide bonds. The number of hydrogen-bond acceptors (Lipinski definition) is 4. The van der Waals surface area contributed by atoms with Crippen molar-refractivity contribution in [1.29, 1.82) is 0 Å². The maximum Gasteiger partial charge on any atom is 0.246 e. The Labute approximate surface area is 126 Å². The molecule has 20 heavy (non-hydrogen) atoms. The summed E-state index contributed by atoms with van der Waals surface area (Å²) in [7, 11) is 0. The second-order valence-corrected chi connectivity index (χ2v) is 6.95. The zero-order chi connectivity index (χ0) is 13.8. The molecule has 1 N–H and O–H groups in total. The van der Waals surface area contributed by atoms with Crippen LogP contribution in [-0.4, -0.2) is 19.1 Å². The van der Waals surface area contributed by atoms with Gasteiger partial charge in [0.1, 0.15) is 6.61 Å². The third-order valence-electron chi connectivity index (χ3n) is 3.24. The van der Waals surface area contributed by atoms with Gasteiger partial charge < -0.3 is 10.1 Å². The molecule has 0 aliphatic heterocycles. The molecule has 1 aliphatic carbocycles. The van der Waals surface area contributed by atoms with Crippen LogP contribution in [0.3, 0.4) is 0 Å². The first-order valence-corrected chi connectivity index (χ1v) is 8.53. The topological polar surface area (TPSA) is 38.3 Å². The van der Waals surface area contributed by atoms with Gasteiger partial charge in [0.25, 0.3) is 0 Å². The lowest BCUT2D eigenvalue weighted by molar-refractivity contribution is -0.126. The maximum absolute atomic E-state index is 12.0. The van der Waals surface area contributed by atoms with Gasteiger partial charge >= 0.3 is 0 Å². The highest BCUT2D eigenvalue weighted by Gasteiger charge is 2.22. The van der Waals surface area contributed by atoms with E-state index in [1.165, 1.54) is 12.8 Å². The van der Waals surface area contributed by atoms with Crippen LogP contribution in [0.2, 0.25) is 0 Å². The molecule has 0 bridgehead atoms. The first kappa shape index (κ1) is 13.8. The van der Waals surface area contributed by atoms with E-state index in [0.717, 1.165) is 16.4 Å². The SMILES string of the molecule is O=C(COCC1CC1)NC(c1cccs1)c1cccs1. The number of hydrogen-bond donors (Lipinski definition) is 1. The fourth-order valence-corrected chi connectivity index (χ4v) is 3.66. The number of amides is 1. The van der Waals surface area contributed by atoms with E-state index in [1.807, 2.05) is 22.9 Å². The van der Waals surface area contributed by atoms with Crippen LogP contribution in [0.15, 0.2) is 35.0 Å². The van der Waals surface area contributed by atoms with Crippen LogP contribution in [0, 0.1) is 5.92 Å². The van der Waals surface area contributed by atoms with Crippen molar-refractivity contribution >= 4 is 28.6 Å². The minimum absolute atomic E-state index is 0.0440. The second-order valence-electron chi connectivity index (χ2n) is 4.99. The third-order valence-corrected chi connectivity index (χ3v) is 5.12. The van der Waals surface area contributed by atoms with Crippen LogP contribution >= 0.6 is 22.7 Å². The molecule has 0 saturated heterocycles. The standard InChI is InChI=1S/C15H17NO2S2/c17-14(10-18-9-11-5-6-11)16-15(12-3-1-7-19-12)13-4-2-8-20-13/h1-4,7-8,11,15H,5-6,9-10H2,(H,16,17). The molecule has 0 atom stereocenters. The quantitative estimate of drug-likeness (QED) is 0.851. The lowest BCUT2D eigenvalue weighted by Crippen LogP contribution is -2.31. The molecular formula is C15H17NO2S2. The van der Waals surface area contributed by atoms with Crippen molar-refractivity contribution in [1.82, 2.24) is 5.32 Å². The van der Waals surface area contributed by atoms with Gasteiger partial charge in [-0.1, -0.05) is 12.1 Å². The van der Waals surface area contributed by atoms with E-state index in [1.54, 1.807) is 22.7 Å². The number of carbonyl (C=O) groups is 1. The Morgan fingerprint density at radius 3 is 2.40 bits per heavy atom. The number of ether oxygens (including phenoxy) is 1. The van der Waals surface area contributed by atoms with Gasteiger partial charge in [-0.2, -0.15) is 0 Å². The van der Waals surface area contributed by atoms with Gasteiger partial charge in [0.15, 0.2) is 0 Å². The van der Waals surface area contributed by atoms with Crippen molar-refractivity contribution in [2.45, 2.75) is 18.9 Å². The van der Waals surface area contributed by atoms with Gasteiger partial charge in [-0.15, -0.1) is 22.7 Å². The smallest absolute Gasteiger partial charge is 0.246 e. The van der Waals surface area contributed by atoms with Gasteiger partial charge in [-0.3, -0.25) is 4.79 Å². The normalized spacial score (nSPS) is 14.7. The average molecular weight is 307 g/mol. The van der Waals surface area contributed by atoms with Gasteiger partial charge in [0.2, 0.25) is 5.91 Å². The minimum Gasteiger partial charge on any atom is -0.371 e. The highest BCUT2D eigenvalue weighted by molar-refractivity contribution is 7.11. The van der Waals surface area contributed by atoms with E-state index in [-0.39, 0.29) is 18.6 Å². The van der Waals surface area contributed by atoms with Gasteiger partial charge in [0.05, 0.1) is 12.6 Å². The van der Waals surface area contributed by atoms with E-state index in [2.05, 4.69) is 17.4 Å². The zero-order valence-corrected chi connectivity index (χ0v) is 12.7. The van der Waals surface area contributed by atoms with E-state index >= 15 is 0 Å². The molecule has 0 spiro atoms. The maximum atomic E-state index is 12.0. The fraction of sp³-hybridized carbons (Fsp3) is 0.400. The molecular weight excluding hydrogens is 290 g/mol. The van der Waals surface area contributed by atoms with Crippen molar-refractivity contribution in [2.75, 3.05) is 13.2 Å². The van der Waals surface area contributed by atoms with Gasteiger partial charge in [-0.05, 0) is 41.7 Å². The van der Waals surface area contributed by atoms with E-state index in [0.29, 0.717) is 5.92 Å².